The second kappa shape index (κ2) is 8.06. The van der Waals surface area contributed by atoms with Crippen molar-refractivity contribution in [3.05, 3.63) is 43.0 Å². The van der Waals surface area contributed by atoms with Crippen molar-refractivity contribution in [3.63, 3.8) is 0 Å². The molecule has 9 heteroatoms. The van der Waals surface area contributed by atoms with Gasteiger partial charge in [0.25, 0.3) is 0 Å². The molecule has 2 aromatic heterocycles. The van der Waals surface area contributed by atoms with Crippen molar-refractivity contribution in [3.8, 4) is 28.1 Å². The summed E-state index contributed by atoms with van der Waals surface area (Å²) in [6.07, 6.45) is 10.4. The largest absolute Gasteiger partial charge is 0.507 e. The van der Waals surface area contributed by atoms with Crippen LogP contribution >= 0.6 is 0 Å². The molecule has 4 heterocycles. The Morgan fingerprint density at radius 1 is 1.09 bits per heavy atom. The first-order valence-corrected chi connectivity index (χ1v) is 11.5. The molecule has 33 heavy (non-hydrogen) atoms. The highest BCUT2D eigenvalue weighted by molar-refractivity contribution is 5.73. The first-order chi connectivity index (χ1) is 16.1. The first-order valence-electron chi connectivity index (χ1n) is 11.5. The minimum absolute atomic E-state index is 0.0559. The third-order valence-electron chi connectivity index (χ3n) is 7.12. The molecule has 2 aliphatic heterocycles. The summed E-state index contributed by atoms with van der Waals surface area (Å²) >= 11 is 0. The molecule has 1 unspecified atom stereocenters. The fraction of sp³-hybridized carbons (Fsp3) is 0.458. The highest BCUT2D eigenvalue weighted by atomic mass is 19.1. The third kappa shape index (κ3) is 3.74. The van der Waals surface area contributed by atoms with Crippen molar-refractivity contribution in [1.82, 2.24) is 25.1 Å². The summed E-state index contributed by atoms with van der Waals surface area (Å²) in [5.41, 5.74) is 2.54. The van der Waals surface area contributed by atoms with E-state index in [0.29, 0.717) is 34.7 Å². The average Bonchev–Trinajstić information content (AvgIpc) is 3.39. The van der Waals surface area contributed by atoms with E-state index in [0.717, 1.165) is 37.7 Å². The fourth-order valence-corrected chi connectivity index (χ4v) is 5.32. The maximum absolute atomic E-state index is 15.3. The molecule has 4 atom stereocenters. The Morgan fingerprint density at radius 2 is 1.97 bits per heavy atom. The molecule has 3 aromatic rings. The predicted octanol–water partition coefficient (Wildman–Crippen LogP) is 3.84. The van der Waals surface area contributed by atoms with E-state index in [2.05, 4.69) is 25.3 Å². The topological polar surface area (TPSA) is 79.1 Å². The van der Waals surface area contributed by atoms with Gasteiger partial charge in [-0.3, -0.25) is 4.98 Å². The molecule has 6 rings (SSSR count). The minimum Gasteiger partial charge on any atom is -0.507 e. The maximum atomic E-state index is 15.3. The molecule has 1 aromatic carbocycles. The molecule has 3 aliphatic rings. The van der Waals surface area contributed by atoms with Crippen LogP contribution in [-0.4, -0.2) is 55.2 Å². The zero-order chi connectivity index (χ0) is 22.5. The lowest BCUT2D eigenvalue weighted by molar-refractivity contribution is 0.171. The average molecular weight is 453 g/mol. The van der Waals surface area contributed by atoms with Crippen molar-refractivity contribution in [1.29, 1.82) is 0 Å². The van der Waals surface area contributed by atoms with Crippen molar-refractivity contribution in [2.45, 2.75) is 69.2 Å². The number of halogens is 2. The van der Waals surface area contributed by atoms with Crippen LogP contribution in [0.4, 0.5) is 14.6 Å². The lowest BCUT2D eigenvalue weighted by atomic mass is 9.96. The lowest BCUT2D eigenvalue weighted by Gasteiger charge is -2.41. The summed E-state index contributed by atoms with van der Waals surface area (Å²) in [5, 5.41) is 17.9. The summed E-state index contributed by atoms with van der Waals surface area (Å²) in [7, 11) is 0. The summed E-state index contributed by atoms with van der Waals surface area (Å²) < 4.78 is 29.2. The fourth-order valence-electron chi connectivity index (χ4n) is 5.32. The number of nitrogens with one attached hydrogen (secondary N) is 1. The van der Waals surface area contributed by atoms with Crippen LogP contribution in [0, 0.1) is 0 Å². The predicted molar refractivity (Wildman–Crippen MR) is 120 cm³/mol. The van der Waals surface area contributed by atoms with Gasteiger partial charge in [-0.2, -0.15) is 5.10 Å². The highest BCUT2D eigenvalue weighted by Gasteiger charge is 2.48. The normalized spacial score (nSPS) is 26.5. The number of hydrogen-bond acceptors (Lipinski definition) is 6. The van der Waals surface area contributed by atoms with Gasteiger partial charge in [0.15, 0.2) is 6.80 Å². The molecule has 1 aliphatic carbocycles. The molecular weight excluding hydrogens is 426 g/mol. The van der Waals surface area contributed by atoms with E-state index in [4.69, 9.17) is 0 Å². The van der Waals surface area contributed by atoms with Crippen molar-refractivity contribution in [2.75, 3.05) is 4.90 Å². The van der Waals surface area contributed by atoms with Crippen LogP contribution in [0.25, 0.3) is 22.4 Å². The number of alkyl halides is 2. The van der Waals surface area contributed by atoms with E-state index < -0.39 is 13.0 Å². The SMILES string of the molecule is Oc1cc(-c2cnn(CF)c2)ccc1-c1cnc(N(C2CC2)[C@H]2C[C@@H]3CCC(N3)[C@H]2F)cn1. The van der Waals surface area contributed by atoms with Gasteiger partial charge in [-0.05, 0) is 49.8 Å². The number of benzene rings is 1. The van der Waals surface area contributed by atoms with Crippen molar-refractivity contribution in [2.24, 2.45) is 0 Å². The second-order valence-corrected chi connectivity index (χ2v) is 9.31. The van der Waals surface area contributed by atoms with Gasteiger partial charge in [-0.25, -0.2) is 18.4 Å². The Bertz CT molecular complexity index is 1150. The van der Waals surface area contributed by atoms with Crippen molar-refractivity contribution < 1.29 is 13.9 Å². The summed E-state index contributed by atoms with van der Waals surface area (Å²) in [5.74, 6) is 0.755. The number of piperidine rings is 1. The van der Waals surface area contributed by atoms with Gasteiger partial charge in [0.05, 0.1) is 30.3 Å². The molecular formula is C24H26F2N6O. The Hall–Kier alpha value is -3.07. The molecule has 0 radical (unpaired) electrons. The number of phenols is 1. The Morgan fingerprint density at radius 3 is 2.67 bits per heavy atom. The van der Waals surface area contributed by atoms with E-state index in [9.17, 15) is 9.50 Å². The van der Waals surface area contributed by atoms with Crippen molar-refractivity contribution >= 4 is 5.82 Å². The molecule has 172 valence electrons. The van der Waals surface area contributed by atoms with Gasteiger partial charge in [-0.15, -0.1) is 0 Å². The van der Waals surface area contributed by atoms with Crippen LogP contribution in [0.1, 0.15) is 32.1 Å². The van der Waals surface area contributed by atoms with Gasteiger partial charge in [0, 0.05) is 35.4 Å². The number of aromatic hydroxyl groups is 1. The first kappa shape index (κ1) is 20.5. The molecule has 0 spiro atoms. The van der Waals surface area contributed by atoms with E-state index in [-0.39, 0.29) is 17.8 Å². The maximum Gasteiger partial charge on any atom is 0.181 e. The molecule has 3 fully saturated rings. The van der Waals surface area contributed by atoms with Crippen LogP contribution in [0.2, 0.25) is 0 Å². The Balaban J connectivity index is 1.25. The summed E-state index contributed by atoms with van der Waals surface area (Å²) in [4.78, 5) is 11.4. The number of nitrogens with zero attached hydrogens (tertiary/aromatic N) is 5. The molecule has 2 N–H and O–H groups in total. The van der Waals surface area contributed by atoms with Gasteiger partial charge in [0.2, 0.25) is 0 Å². The zero-order valence-corrected chi connectivity index (χ0v) is 18.1. The number of aromatic nitrogens is 4. The quantitative estimate of drug-likeness (QED) is 0.592. The summed E-state index contributed by atoms with van der Waals surface area (Å²) in [6.45, 7) is -0.703. The Kier molecular flexibility index (Phi) is 5.01. The van der Waals surface area contributed by atoms with Gasteiger partial charge in [-0.1, -0.05) is 6.07 Å². The van der Waals surface area contributed by atoms with E-state index in [1.807, 2.05) is 6.07 Å². The van der Waals surface area contributed by atoms with Crippen LogP contribution in [0.3, 0.4) is 0 Å². The number of fused-ring (bicyclic) bond motifs is 2. The molecule has 2 saturated heterocycles. The molecule has 1 saturated carbocycles. The van der Waals surface area contributed by atoms with E-state index >= 15 is 4.39 Å². The van der Waals surface area contributed by atoms with Crippen LogP contribution in [0.15, 0.2) is 43.0 Å². The van der Waals surface area contributed by atoms with Crippen LogP contribution in [-0.2, 0) is 6.80 Å². The van der Waals surface area contributed by atoms with Gasteiger partial charge >= 0.3 is 0 Å². The number of hydrogen-bond donors (Lipinski definition) is 2. The monoisotopic (exact) mass is 452 g/mol. The summed E-state index contributed by atoms with van der Waals surface area (Å²) in [6, 6.07) is 5.68. The molecule has 7 nitrogen and oxygen atoms in total. The highest BCUT2D eigenvalue weighted by Crippen LogP contribution is 2.40. The van der Waals surface area contributed by atoms with E-state index in [1.54, 1.807) is 36.9 Å². The minimum atomic E-state index is -0.913. The number of phenolic OH excluding ortho intramolecular Hbond substituents is 1. The van der Waals surface area contributed by atoms with Crippen LogP contribution in [0.5, 0.6) is 5.75 Å². The van der Waals surface area contributed by atoms with Gasteiger partial charge < -0.3 is 15.3 Å². The second-order valence-electron chi connectivity index (χ2n) is 9.31. The van der Waals surface area contributed by atoms with E-state index in [1.165, 1.54) is 4.68 Å². The zero-order valence-electron chi connectivity index (χ0n) is 18.1. The Labute approximate surface area is 190 Å². The molecule has 2 bridgehead atoms. The van der Waals surface area contributed by atoms with Crippen LogP contribution < -0.4 is 10.2 Å². The third-order valence-corrected chi connectivity index (χ3v) is 7.12. The molecule has 0 amide bonds. The van der Waals surface area contributed by atoms with Gasteiger partial charge in [0.1, 0.15) is 17.7 Å². The number of rotatable bonds is 6. The standard InChI is InChI=1S/C24H26F2N6O/c25-13-31-12-15(9-29-31)14-1-5-18(22(33)7-14)20-10-28-23(11-27-20)32(17-3-4-17)21-8-16-2-6-19(30-16)24(21)26/h1,5,7,9-12,16-17,19,21,24,30,33H,2-4,6,8,13H2/t16-,19?,21-,24+/m0/s1. The number of anilines is 1. The smallest absolute Gasteiger partial charge is 0.181 e. The lowest BCUT2D eigenvalue weighted by Crippen LogP contribution is -2.57.